The lowest BCUT2D eigenvalue weighted by Crippen LogP contribution is -3.18. The second kappa shape index (κ2) is 9.60. The van der Waals surface area contributed by atoms with E-state index < -0.39 is 0 Å². The first-order valence-electron chi connectivity index (χ1n) is 11.2. The summed E-state index contributed by atoms with van der Waals surface area (Å²) in [6, 6.07) is 13.3. The number of piperidine rings is 2. The summed E-state index contributed by atoms with van der Waals surface area (Å²) >= 11 is 0. The summed E-state index contributed by atoms with van der Waals surface area (Å²) in [5.74, 6) is 0.681. The van der Waals surface area contributed by atoms with Crippen molar-refractivity contribution in [1.82, 2.24) is 0 Å². The van der Waals surface area contributed by atoms with Gasteiger partial charge in [0.1, 0.15) is 17.9 Å². The van der Waals surface area contributed by atoms with Crippen LogP contribution in [0.15, 0.2) is 42.5 Å². The van der Waals surface area contributed by atoms with Crippen LogP contribution >= 0.6 is 0 Å². The second-order valence-electron chi connectivity index (χ2n) is 8.75. The highest BCUT2D eigenvalue weighted by Crippen LogP contribution is 2.33. The number of quaternary nitrogens is 1. The van der Waals surface area contributed by atoms with Crippen LogP contribution in [0.1, 0.15) is 55.7 Å². The number of rotatable bonds is 6. The topological polar surface area (TPSA) is 80.4 Å². The van der Waals surface area contributed by atoms with E-state index in [1.165, 1.54) is 12.8 Å². The number of carbonyl (C=O) groups excluding carboxylic acids is 1. The van der Waals surface area contributed by atoms with Crippen LogP contribution in [0.4, 0.5) is 0 Å². The van der Waals surface area contributed by atoms with Crippen LogP contribution in [0, 0.1) is 0 Å². The van der Waals surface area contributed by atoms with Gasteiger partial charge in [-0.15, -0.1) is 0 Å². The van der Waals surface area contributed by atoms with Gasteiger partial charge in [-0.05, 0) is 61.6 Å². The van der Waals surface area contributed by atoms with Gasteiger partial charge >= 0.3 is 5.97 Å². The van der Waals surface area contributed by atoms with Gasteiger partial charge in [0.25, 0.3) is 0 Å². The molecule has 0 aromatic heterocycles. The highest BCUT2D eigenvalue weighted by molar-refractivity contribution is 5.70. The molecule has 4 atom stereocenters. The predicted octanol–water partition coefficient (Wildman–Crippen LogP) is 2.92. The van der Waals surface area contributed by atoms with Gasteiger partial charge in [0.05, 0.1) is 19.7 Å². The van der Waals surface area contributed by atoms with Crippen LogP contribution in [-0.2, 0) is 16.0 Å². The number of phenolic OH excluding ortho intramolecular Hbond substituents is 2. The van der Waals surface area contributed by atoms with Crippen molar-refractivity contribution in [3.05, 3.63) is 53.6 Å². The quantitative estimate of drug-likeness (QED) is 0.619. The van der Waals surface area contributed by atoms with Crippen molar-refractivity contribution in [3.63, 3.8) is 0 Å². The number of nitrogens with one attached hydrogen (secondary N) is 1. The van der Waals surface area contributed by atoms with Crippen molar-refractivity contribution in [2.24, 2.45) is 0 Å². The highest BCUT2D eigenvalue weighted by Gasteiger charge is 2.42. The molecule has 0 radical (unpaired) electrons. The maximum Gasteiger partial charge on any atom is 0.306 e. The Hall–Kier alpha value is -2.73. The lowest BCUT2D eigenvalue weighted by Gasteiger charge is -2.44. The zero-order valence-corrected chi connectivity index (χ0v) is 18.0. The van der Waals surface area contributed by atoms with Crippen LogP contribution in [0.2, 0.25) is 0 Å². The maximum absolute atomic E-state index is 12.6. The average Bonchev–Trinajstić information content (AvgIpc) is 2.78. The molecule has 2 aromatic rings. The third-order valence-electron chi connectivity index (χ3n) is 6.74. The Morgan fingerprint density at radius 1 is 1.10 bits per heavy atom. The number of hydrogen-bond donors (Lipinski definition) is 3. The number of fused-ring (bicyclic) bond motifs is 1. The lowest BCUT2D eigenvalue weighted by atomic mass is 9.84. The Kier molecular flexibility index (Phi) is 6.66. The van der Waals surface area contributed by atoms with E-state index in [1.807, 2.05) is 24.3 Å². The molecular formula is C25H32NO5+. The average molecular weight is 427 g/mol. The van der Waals surface area contributed by atoms with E-state index in [-0.39, 0.29) is 29.6 Å². The van der Waals surface area contributed by atoms with Crippen LogP contribution in [0.25, 0.3) is 0 Å². The zero-order valence-electron chi connectivity index (χ0n) is 18.0. The molecule has 2 aliphatic heterocycles. The largest absolute Gasteiger partial charge is 0.508 e. The molecule has 0 spiro atoms. The van der Waals surface area contributed by atoms with Crippen molar-refractivity contribution < 1.29 is 29.4 Å². The van der Waals surface area contributed by atoms with Gasteiger partial charge in [0.15, 0.2) is 11.5 Å². The van der Waals surface area contributed by atoms with Crippen molar-refractivity contribution in [2.45, 2.75) is 63.1 Å². The van der Waals surface area contributed by atoms with E-state index in [9.17, 15) is 15.0 Å². The molecule has 0 amide bonds. The molecule has 0 bridgehead atoms. The molecule has 166 valence electrons. The Bertz CT molecular complexity index is 897. The number of hydrogen-bond acceptors (Lipinski definition) is 5. The molecule has 3 N–H and O–H groups in total. The Morgan fingerprint density at radius 2 is 1.90 bits per heavy atom. The number of ether oxygens (including phenoxy) is 2. The summed E-state index contributed by atoms with van der Waals surface area (Å²) in [4.78, 5) is 14.1. The third-order valence-corrected chi connectivity index (χ3v) is 6.74. The van der Waals surface area contributed by atoms with Gasteiger partial charge in [0.2, 0.25) is 0 Å². The fourth-order valence-electron chi connectivity index (χ4n) is 5.19. The van der Waals surface area contributed by atoms with E-state index in [2.05, 4.69) is 0 Å². The number of aromatic hydroxyl groups is 2. The number of phenols is 2. The molecule has 6 heteroatoms. The first-order valence-corrected chi connectivity index (χ1v) is 11.2. The van der Waals surface area contributed by atoms with Crippen LogP contribution < -0.4 is 9.64 Å². The minimum Gasteiger partial charge on any atom is -0.508 e. The van der Waals surface area contributed by atoms with E-state index in [0.717, 1.165) is 36.9 Å². The monoisotopic (exact) mass is 426 g/mol. The predicted molar refractivity (Wildman–Crippen MR) is 116 cm³/mol. The summed E-state index contributed by atoms with van der Waals surface area (Å²) < 4.78 is 11.1. The molecule has 1 unspecified atom stereocenters. The third kappa shape index (κ3) is 5.13. The van der Waals surface area contributed by atoms with Gasteiger partial charge in [-0.3, -0.25) is 4.79 Å². The minimum absolute atomic E-state index is 0.103. The number of methoxy groups -OCH3 is 1. The van der Waals surface area contributed by atoms with Crippen LogP contribution in [0.5, 0.6) is 17.2 Å². The smallest absolute Gasteiger partial charge is 0.306 e. The molecular weight excluding hydrogens is 394 g/mol. The SMILES string of the molecule is COc1ccc([C@H]2C[C@H](OC(=O)CCc3ccc(O)cc3)C[C@H]3CCCC[NH+]32)cc1O. The maximum atomic E-state index is 12.6. The van der Waals surface area contributed by atoms with Gasteiger partial charge in [-0.2, -0.15) is 0 Å². The van der Waals surface area contributed by atoms with Crippen molar-refractivity contribution in [1.29, 1.82) is 0 Å². The van der Waals surface area contributed by atoms with Gasteiger partial charge < -0.3 is 24.6 Å². The molecule has 6 nitrogen and oxygen atoms in total. The normalized spacial score (nSPS) is 25.5. The van der Waals surface area contributed by atoms with Crippen molar-refractivity contribution in [3.8, 4) is 17.2 Å². The highest BCUT2D eigenvalue weighted by atomic mass is 16.5. The Morgan fingerprint density at radius 3 is 2.65 bits per heavy atom. The van der Waals surface area contributed by atoms with E-state index in [1.54, 1.807) is 30.2 Å². The molecule has 0 aliphatic carbocycles. The number of benzene rings is 2. The molecule has 2 fully saturated rings. The summed E-state index contributed by atoms with van der Waals surface area (Å²) in [7, 11) is 1.55. The van der Waals surface area contributed by atoms with Gasteiger partial charge in [-0.1, -0.05) is 12.1 Å². The van der Waals surface area contributed by atoms with Crippen molar-refractivity contribution >= 4 is 5.97 Å². The Balaban J connectivity index is 1.42. The lowest BCUT2D eigenvalue weighted by molar-refractivity contribution is -0.967. The minimum atomic E-state index is -0.173. The zero-order chi connectivity index (χ0) is 21.8. The van der Waals surface area contributed by atoms with Gasteiger partial charge in [-0.25, -0.2) is 0 Å². The first-order chi connectivity index (χ1) is 15.0. The van der Waals surface area contributed by atoms with Crippen LogP contribution in [-0.4, -0.2) is 42.0 Å². The molecule has 4 rings (SSSR count). The first kappa shape index (κ1) is 21.5. The summed E-state index contributed by atoms with van der Waals surface area (Å²) in [5.41, 5.74) is 2.08. The number of esters is 1. The molecule has 0 saturated carbocycles. The Labute approximate surface area is 183 Å². The molecule has 31 heavy (non-hydrogen) atoms. The molecule has 2 heterocycles. The van der Waals surface area contributed by atoms with E-state index in [0.29, 0.717) is 24.6 Å². The molecule has 2 aliphatic rings. The standard InChI is InChI=1S/C25H31NO5/c1-30-24-11-8-18(14-23(24)28)22-16-21(15-19-4-2-3-13-26(19)22)31-25(29)12-7-17-5-9-20(27)10-6-17/h5-6,8-11,14,19,21-22,27-28H,2-4,7,12-13,15-16H2,1H3/p+1/t19-,21-,22-/m1/s1. The number of aryl methyl sites for hydroxylation is 1. The van der Waals surface area contributed by atoms with Crippen molar-refractivity contribution in [2.75, 3.05) is 13.7 Å². The summed E-state index contributed by atoms with van der Waals surface area (Å²) in [6.45, 7) is 1.11. The van der Waals surface area contributed by atoms with E-state index in [4.69, 9.17) is 9.47 Å². The number of carbonyl (C=O) groups is 1. The van der Waals surface area contributed by atoms with E-state index >= 15 is 0 Å². The fraction of sp³-hybridized carbons (Fsp3) is 0.480. The molecule has 2 saturated heterocycles. The van der Waals surface area contributed by atoms with Crippen LogP contribution in [0.3, 0.4) is 0 Å². The summed E-state index contributed by atoms with van der Waals surface area (Å²) in [6.07, 6.45) is 6.07. The molecule has 2 aromatic carbocycles. The second-order valence-corrected chi connectivity index (χ2v) is 8.75. The summed E-state index contributed by atoms with van der Waals surface area (Å²) in [5, 5.41) is 19.7. The van der Waals surface area contributed by atoms with Gasteiger partial charge in [0, 0.05) is 24.8 Å². The fourth-order valence-corrected chi connectivity index (χ4v) is 5.19.